The van der Waals surface area contributed by atoms with Crippen LogP contribution in [0.15, 0.2) is 18.2 Å². The predicted octanol–water partition coefficient (Wildman–Crippen LogP) is 1.34. The minimum absolute atomic E-state index is 0.0389. The Balaban J connectivity index is 2.76. The quantitative estimate of drug-likeness (QED) is 0.814. The van der Waals surface area contributed by atoms with Crippen LogP contribution in [0.25, 0.3) is 0 Å². The van der Waals surface area contributed by atoms with Gasteiger partial charge in [-0.05, 0) is 24.1 Å². The highest BCUT2D eigenvalue weighted by atomic mass is 16.5. The maximum Gasteiger partial charge on any atom is 0.226 e. The van der Waals surface area contributed by atoms with Gasteiger partial charge in [0.25, 0.3) is 0 Å². The van der Waals surface area contributed by atoms with Gasteiger partial charge in [0.05, 0.1) is 13.0 Å². The summed E-state index contributed by atoms with van der Waals surface area (Å²) in [5.41, 5.74) is 6.48. The third kappa shape index (κ3) is 3.86. The molecule has 0 bridgehead atoms. The van der Waals surface area contributed by atoms with Crippen LogP contribution in [0.1, 0.15) is 18.9 Å². The van der Waals surface area contributed by atoms with Gasteiger partial charge in [-0.3, -0.25) is 4.79 Å². The van der Waals surface area contributed by atoms with Crippen molar-refractivity contribution < 1.29 is 14.6 Å². The summed E-state index contributed by atoms with van der Waals surface area (Å²) in [6.45, 7) is 2.78. The average molecular weight is 266 g/mol. The second-order valence-electron chi connectivity index (χ2n) is 4.54. The molecular formula is C14H22N2O3. The van der Waals surface area contributed by atoms with Crippen molar-refractivity contribution in [3.05, 3.63) is 23.8 Å². The first kappa shape index (κ1) is 15.3. The van der Waals surface area contributed by atoms with Crippen LogP contribution in [0, 0.1) is 5.92 Å². The van der Waals surface area contributed by atoms with Crippen molar-refractivity contribution in [2.45, 2.75) is 19.9 Å². The second-order valence-corrected chi connectivity index (χ2v) is 4.54. The Labute approximate surface area is 114 Å². The van der Waals surface area contributed by atoms with Gasteiger partial charge < -0.3 is 20.5 Å². The summed E-state index contributed by atoms with van der Waals surface area (Å²) in [6.07, 6.45) is 0.735. The van der Waals surface area contributed by atoms with Crippen LogP contribution < -0.4 is 10.5 Å². The number of carbonyl (C=O) groups excluding carboxylic acids is 1. The summed E-state index contributed by atoms with van der Waals surface area (Å²) >= 11 is 0. The number of hydrogen-bond donors (Lipinski definition) is 2. The van der Waals surface area contributed by atoms with Gasteiger partial charge in [-0.1, -0.05) is 13.0 Å². The molecule has 1 aromatic carbocycles. The number of nitrogens with two attached hydrogens (primary N) is 1. The maximum atomic E-state index is 12.1. The number of methoxy groups -OCH3 is 1. The highest BCUT2D eigenvalue weighted by Gasteiger charge is 2.19. The summed E-state index contributed by atoms with van der Waals surface area (Å²) < 4.78 is 5.04. The Morgan fingerprint density at radius 2 is 2.21 bits per heavy atom. The van der Waals surface area contributed by atoms with Crippen molar-refractivity contribution in [2.75, 3.05) is 20.7 Å². The molecule has 0 fully saturated rings. The van der Waals surface area contributed by atoms with E-state index in [1.165, 1.54) is 7.11 Å². The number of ether oxygens (including phenoxy) is 1. The van der Waals surface area contributed by atoms with Crippen molar-refractivity contribution in [2.24, 2.45) is 11.7 Å². The molecule has 19 heavy (non-hydrogen) atoms. The van der Waals surface area contributed by atoms with Crippen LogP contribution in [-0.4, -0.2) is 36.6 Å². The van der Waals surface area contributed by atoms with Gasteiger partial charge in [-0.2, -0.15) is 0 Å². The second kappa shape index (κ2) is 6.99. The molecule has 0 saturated heterocycles. The van der Waals surface area contributed by atoms with Crippen LogP contribution in [0.2, 0.25) is 0 Å². The molecule has 106 valence electrons. The third-order valence-corrected chi connectivity index (χ3v) is 3.17. The minimum atomic E-state index is -0.135. The molecule has 0 radical (unpaired) electrons. The first-order valence-electron chi connectivity index (χ1n) is 6.34. The molecule has 0 saturated carbocycles. The molecule has 0 aliphatic carbocycles. The average Bonchev–Trinajstić information content (AvgIpc) is 2.42. The number of phenolic OH excluding ortho intramolecular Hbond substituents is 1. The summed E-state index contributed by atoms with van der Waals surface area (Å²) in [5, 5.41) is 9.52. The van der Waals surface area contributed by atoms with Gasteiger partial charge in [0, 0.05) is 20.1 Å². The number of aromatic hydroxyl groups is 1. The molecule has 1 atom stereocenters. The molecule has 1 amide bonds. The normalized spacial score (nSPS) is 12.0. The Kier molecular flexibility index (Phi) is 5.63. The molecule has 0 heterocycles. The van der Waals surface area contributed by atoms with Crippen molar-refractivity contribution in [1.29, 1.82) is 0 Å². The first-order chi connectivity index (χ1) is 9.03. The molecule has 0 spiro atoms. The van der Waals surface area contributed by atoms with E-state index >= 15 is 0 Å². The van der Waals surface area contributed by atoms with Crippen LogP contribution in [0.5, 0.6) is 11.5 Å². The summed E-state index contributed by atoms with van der Waals surface area (Å²) in [7, 11) is 3.25. The molecule has 5 heteroatoms. The Bertz CT molecular complexity index is 431. The molecule has 0 aromatic heterocycles. The van der Waals surface area contributed by atoms with E-state index in [-0.39, 0.29) is 17.6 Å². The zero-order chi connectivity index (χ0) is 14.4. The van der Waals surface area contributed by atoms with E-state index in [4.69, 9.17) is 10.5 Å². The smallest absolute Gasteiger partial charge is 0.226 e. The Hall–Kier alpha value is -1.75. The highest BCUT2D eigenvalue weighted by Crippen LogP contribution is 2.26. The van der Waals surface area contributed by atoms with E-state index < -0.39 is 0 Å². The van der Waals surface area contributed by atoms with E-state index in [1.807, 2.05) is 6.92 Å². The van der Waals surface area contributed by atoms with Gasteiger partial charge >= 0.3 is 0 Å². The molecular weight excluding hydrogens is 244 g/mol. The lowest BCUT2D eigenvalue weighted by atomic mass is 10.1. The monoisotopic (exact) mass is 266 g/mol. The summed E-state index contributed by atoms with van der Waals surface area (Å²) in [5.74, 6) is 0.402. The fourth-order valence-electron chi connectivity index (χ4n) is 1.93. The van der Waals surface area contributed by atoms with E-state index in [2.05, 4.69) is 0 Å². The highest BCUT2D eigenvalue weighted by molar-refractivity contribution is 5.78. The lowest BCUT2D eigenvalue weighted by molar-refractivity contribution is -0.134. The summed E-state index contributed by atoms with van der Waals surface area (Å²) in [4.78, 5) is 13.7. The molecule has 0 aliphatic rings. The van der Waals surface area contributed by atoms with E-state index in [0.717, 1.165) is 12.0 Å². The minimum Gasteiger partial charge on any atom is -0.504 e. The number of phenols is 1. The summed E-state index contributed by atoms with van der Waals surface area (Å²) in [6, 6.07) is 5.06. The lowest BCUT2D eigenvalue weighted by Crippen LogP contribution is -2.35. The van der Waals surface area contributed by atoms with Crippen LogP contribution in [-0.2, 0) is 11.3 Å². The maximum absolute atomic E-state index is 12.1. The van der Waals surface area contributed by atoms with Crippen molar-refractivity contribution >= 4 is 5.91 Å². The fourth-order valence-corrected chi connectivity index (χ4v) is 1.93. The molecule has 0 aliphatic heterocycles. The van der Waals surface area contributed by atoms with Crippen molar-refractivity contribution in [3.8, 4) is 11.5 Å². The van der Waals surface area contributed by atoms with Crippen molar-refractivity contribution in [1.82, 2.24) is 4.90 Å². The zero-order valence-corrected chi connectivity index (χ0v) is 11.7. The van der Waals surface area contributed by atoms with Gasteiger partial charge in [-0.25, -0.2) is 0 Å². The van der Waals surface area contributed by atoms with Gasteiger partial charge in [0.2, 0.25) is 5.91 Å². The number of rotatable bonds is 6. The lowest BCUT2D eigenvalue weighted by Gasteiger charge is -2.22. The standard InChI is InChI=1S/C14H22N2O3/c1-4-11(8-15)14(18)16(2)9-10-5-6-12(17)13(7-10)19-3/h5-7,11,17H,4,8-9,15H2,1-3H3. The topological polar surface area (TPSA) is 75.8 Å². The molecule has 1 rings (SSSR count). The van der Waals surface area contributed by atoms with E-state index in [9.17, 15) is 9.90 Å². The molecule has 5 nitrogen and oxygen atoms in total. The Morgan fingerprint density at radius 3 is 2.74 bits per heavy atom. The predicted molar refractivity (Wildman–Crippen MR) is 74.0 cm³/mol. The van der Waals surface area contributed by atoms with Gasteiger partial charge in [0.15, 0.2) is 11.5 Å². The number of hydrogen-bond acceptors (Lipinski definition) is 4. The number of nitrogens with zero attached hydrogens (tertiary/aromatic N) is 1. The van der Waals surface area contributed by atoms with Crippen LogP contribution in [0.3, 0.4) is 0 Å². The number of amides is 1. The number of benzene rings is 1. The third-order valence-electron chi connectivity index (χ3n) is 3.17. The van der Waals surface area contributed by atoms with E-state index in [0.29, 0.717) is 18.8 Å². The fraction of sp³-hybridized carbons (Fsp3) is 0.500. The van der Waals surface area contributed by atoms with Gasteiger partial charge in [-0.15, -0.1) is 0 Å². The van der Waals surface area contributed by atoms with Crippen LogP contribution >= 0.6 is 0 Å². The van der Waals surface area contributed by atoms with E-state index in [1.54, 1.807) is 30.1 Å². The Morgan fingerprint density at radius 1 is 1.53 bits per heavy atom. The number of carbonyl (C=O) groups is 1. The van der Waals surface area contributed by atoms with Crippen molar-refractivity contribution in [3.63, 3.8) is 0 Å². The van der Waals surface area contributed by atoms with Crippen LogP contribution in [0.4, 0.5) is 0 Å². The molecule has 1 unspecified atom stereocenters. The zero-order valence-electron chi connectivity index (χ0n) is 11.7. The largest absolute Gasteiger partial charge is 0.504 e. The molecule has 1 aromatic rings. The molecule has 3 N–H and O–H groups in total. The first-order valence-corrected chi connectivity index (χ1v) is 6.34. The van der Waals surface area contributed by atoms with Gasteiger partial charge in [0.1, 0.15) is 0 Å². The SMILES string of the molecule is CCC(CN)C(=O)N(C)Cc1ccc(O)c(OC)c1.